The van der Waals surface area contributed by atoms with E-state index in [4.69, 9.17) is 0 Å². The molecule has 0 bridgehead atoms. The highest BCUT2D eigenvalue weighted by atomic mass is 16.2. The highest BCUT2D eigenvalue weighted by Gasteiger charge is 2.13. The van der Waals surface area contributed by atoms with Gasteiger partial charge in [-0.2, -0.15) is 0 Å². The van der Waals surface area contributed by atoms with Gasteiger partial charge < -0.3 is 5.32 Å². The zero-order chi connectivity index (χ0) is 5.98. The molecule has 0 unspecified atom stereocenters. The van der Waals surface area contributed by atoms with Gasteiger partial charge in [0.05, 0.1) is 0 Å². The Hall–Kier alpha value is -1.19. The van der Waals surface area contributed by atoms with E-state index in [1.165, 1.54) is 0 Å². The van der Waals surface area contributed by atoms with E-state index in [-0.39, 0.29) is 18.3 Å². The van der Waals surface area contributed by atoms with Crippen LogP contribution < -0.4 is 5.32 Å². The van der Waals surface area contributed by atoms with Gasteiger partial charge in [0.1, 0.15) is 6.67 Å². The minimum Gasteiger partial charge on any atom is -0.331 e. The SMILES string of the molecule is O=CC1=NCNC1=O. The third-order valence-corrected chi connectivity index (χ3v) is 0.833. The fourth-order valence-corrected chi connectivity index (χ4v) is 0.450. The molecule has 8 heavy (non-hydrogen) atoms. The number of hydrogen-bond acceptors (Lipinski definition) is 3. The van der Waals surface area contributed by atoms with Gasteiger partial charge in [-0.05, 0) is 0 Å². The maximum Gasteiger partial charge on any atom is 0.274 e. The Bertz CT molecular complexity index is 161. The first-order valence-corrected chi connectivity index (χ1v) is 2.12. The second-order valence-corrected chi connectivity index (χ2v) is 1.33. The molecule has 1 rings (SSSR count). The van der Waals surface area contributed by atoms with Crippen molar-refractivity contribution in [2.75, 3.05) is 6.67 Å². The van der Waals surface area contributed by atoms with Crippen molar-refractivity contribution in [2.24, 2.45) is 4.99 Å². The minimum absolute atomic E-state index is 0.00926. The smallest absolute Gasteiger partial charge is 0.274 e. The highest BCUT2D eigenvalue weighted by molar-refractivity contribution is 6.60. The molecule has 1 aliphatic rings. The van der Waals surface area contributed by atoms with Gasteiger partial charge in [-0.15, -0.1) is 0 Å². The Morgan fingerprint density at radius 3 is 2.75 bits per heavy atom. The molecular formula is C4H4N2O2. The zero-order valence-electron chi connectivity index (χ0n) is 4.05. The summed E-state index contributed by atoms with van der Waals surface area (Å²) in [6.45, 7) is 0.243. The van der Waals surface area contributed by atoms with Crippen molar-refractivity contribution in [3.05, 3.63) is 0 Å². The molecule has 1 heterocycles. The molecule has 1 N–H and O–H groups in total. The summed E-state index contributed by atoms with van der Waals surface area (Å²) in [4.78, 5) is 23.7. The number of carbonyl (C=O) groups is 2. The van der Waals surface area contributed by atoms with Crippen molar-refractivity contribution < 1.29 is 9.59 Å². The average Bonchev–Trinajstić information content (AvgIpc) is 2.14. The average molecular weight is 112 g/mol. The first kappa shape index (κ1) is 4.96. The van der Waals surface area contributed by atoms with Crippen molar-refractivity contribution in [3.63, 3.8) is 0 Å². The quantitative estimate of drug-likeness (QED) is 0.429. The summed E-state index contributed by atoms with van der Waals surface area (Å²) in [5.41, 5.74) is -0.00926. The Kier molecular flexibility index (Phi) is 1.07. The summed E-state index contributed by atoms with van der Waals surface area (Å²) in [5.74, 6) is -0.375. The molecule has 4 nitrogen and oxygen atoms in total. The molecule has 4 heteroatoms. The maximum atomic E-state index is 10.3. The van der Waals surface area contributed by atoms with Gasteiger partial charge in [0.15, 0.2) is 12.0 Å². The van der Waals surface area contributed by atoms with Gasteiger partial charge in [0.25, 0.3) is 5.91 Å². The number of aldehydes is 1. The van der Waals surface area contributed by atoms with E-state index < -0.39 is 0 Å². The number of amides is 1. The molecule has 42 valence electrons. The lowest BCUT2D eigenvalue weighted by Crippen LogP contribution is -2.23. The van der Waals surface area contributed by atoms with Crippen LogP contribution in [-0.4, -0.2) is 24.6 Å². The monoisotopic (exact) mass is 112 g/mol. The van der Waals surface area contributed by atoms with Crippen molar-refractivity contribution in [2.45, 2.75) is 0 Å². The minimum atomic E-state index is -0.375. The molecule has 0 aromatic heterocycles. The summed E-state index contributed by atoms with van der Waals surface area (Å²) < 4.78 is 0. The number of hydrogen-bond donors (Lipinski definition) is 1. The van der Waals surface area contributed by atoms with Gasteiger partial charge in [-0.3, -0.25) is 14.6 Å². The van der Waals surface area contributed by atoms with Crippen molar-refractivity contribution >= 4 is 17.9 Å². The van der Waals surface area contributed by atoms with Crippen LogP contribution in [0.2, 0.25) is 0 Å². The second kappa shape index (κ2) is 1.73. The molecule has 0 saturated heterocycles. The number of aliphatic imine (C=N–C) groups is 1. The molecule has 0 atom stereocenters. The lowest BCUT2D eigenvalue weighted by Gasteiger charge is -1.81. The number of nitrogens with zero attached hydrogens (tertiary/aromatic N) is 1. The molecular weight excluding hydrogens is 108 g/mol. The topological polar surface area (TPSA) is 58.5 Å². The van der Waals surface area contributed by atoms with Crippen LogP contribution in [-0.2, 0) is 9.59 Å². The van der Waals surface area contributed by atoms with Crippen LogP contribution in [0.3, 0.4) is 0 Å². The number of nitrogens with one attached hydrogen (secondary N) is 1. The zero-order valence-corrected chi connectivity index (χ0v) is 4.05. The van der Waals surface area contributed by atoms with Gasteiger partial charge in [-0.1, -0.05) is 0 Å². The predicted octanol–water partition coefficient (Wildman–Crippen LogP) is -1.29. The lowest BCUT2D eigenvalue weighted by molar-refractivity contribution is -0.114. The normalized spacial score (nSPS) is 17.5. The Morgan fingerprint density at radius 2 is 2.50 bits per heavy atom. The summed E-state index contributed by atoms with van der Waals surface area (Å²) in [6.07, 6.45) is 0.447. The van der Waals surface area contributed by atoms with E-state index in [1.807, 2.05) is 0 Å². The Morgan fingerprint density at radius 1 is 1.75 bits per heavy atom. The molecule has 0 radical (unpaired) electrons. The summed E-state index contributed by atoms with van der Waals surface area (Å²) in [5, 5.41) is 2.35. The van der Waals surface area contributed by atoms with Gasteiger partial charge in [-0.25, -0.2) is 0 Å². The largest absolute Gasteiger partial charge is 0.331 e. The van der Waals surface area contributed by atoms with E-state index in [0.29, 0.717) is 6.29 Å². The molecule has 0 aliphatic carbocycles. The third-order valence-electron chi connectivity index (χ3n) is 0.833. The lowest BCUT2D eigenvalue weighted by atomic mass is 10.4. The van der Waals surface area contributed by atoms with Gasteiger partial charge in [0.2, 0.25) is 0 Å². The number of rotatable bonds is 1. The highest BCUT2D eigenvalue weighted by Crippen LogP contribution is 1.82. The second-order valence-electron chi connectivity index (χ2n) is 1.33. The van der Waals surface area contributed by atoms with Gasteiger partial charge >= 0.3 is 0 Å². The number of carbonyl (C=O) groups excluding carboxylic acids is 2. The maximum absolute atomic E-state index is 10.3. The van der Waals surface area contributed by atoms with Crippen molar-refractivity contribution in [3.8, 4) is 0 Å². The van der Waals surface area contributed by atoms with E-state index >= 15 is 0 Å². The first-order chi connectivity index (χ1) is 3.84. The van der Waals surface area contributed by atoms with Gasteiger partial charge in [0, 0.05) is 0 Å². The Labute approximate surface area is 45.6 Å². The van der Waals surface area contributed by atoms with Crippen LogP contribution in [0.4, 0.5) is 0 Å². The third kappa shape index (κ3) is 0.598. The molecule has 1 amide bonds. The molecule has 0 fully saturated rings. The van der Waals surface area contributed by atoms with Crippen LogP contribution in [0.5, 0.6) is 0 Å². The molecule has 0 spiro atoms. The molecule has 1 aliphatic heterocycles. The Balaban J connectivity index is 2.76. The van der Waals surface area contributed by atoms with E-state index in [0.717, 1.165) is 0 Å². The van der Waals surface area contributed by atoms with Crippen LogP contribution >= 0.6 is 0 Å². The van der Waals surface area contributed by atoms with Crippen molar-refractivity contribution in [1.82, 2.24) is 5.32 Å². The fourth-order valence-electron chi connectivity index (χ4n) is 0.450. The summed E-state index contributed by atoms with van der Waals surface area (Å²) >= 11 is 0. The van der Waals surface area contributed by atoms with Crippen LogP contribution in [0, 0.1) is 0 Å². The van der Waals surface area contributed by atoms with Crippen LogP contribution in [0.1, 0.15) is 0 Å². The van der Waals surface area contributed by atoms with E-state index in [1.54, 1.807) is 0 Å². The van der Waals surface area contributed by atoms with E-state index in [9.17, 15) is 9.59 Å². The first-order valence-electron chi connectivity index (χ1n) is 2.12. The molecule has 0 aromatic rings. The van der Waals surface area contributed by atoms with Crippen LogP contribution in [0.25, 0.3) is 0 Å². The fraction of sp³-hybridized carbons (Fsp3) is 0.250. The van der Waals surface area contributed by atoms with Crippen molar-refractivity contribution in [1.29, 1.82) is 0 Å². The van der Waals surface area contributed by atoms with E-state index in [2.05, 4.69) is 10.3 Å². The summed E-state index contributed by atoms with van der Waals surface area (Å²) in [6, 6.07) is 0. The standard InChI is InChI=1S/C4H4N2O2/c7-1-3-4(8)6-2-5-3/h1H,2H2,(H,6,8). The summed E-state index contributed by atoms with van der Waals surface area (Å²) in [7, 11) is 0. The molecule has 0 aromatic carbocycles. The molecule has 0 saturated carbocycles. The van der Waals surface area contributed by atoms with Crippen LogP contribution in [0.15, 0.2) is 4.99 Å². The predicted molar refractivity (Wildman–Crippen MR) is 26.5 cm³/mol.